The third kappa shape index (κ3) is 3.82. The Morgan fingerprint density at radius 2 is 2.09 bits per heavy atom. The summed E-state index contributed by atoms with van der Waals surface area (Å²) in [6, 6.07) is 1.78. The van der Waals surface area contributed by atoms with Gasteiger partial charge in [-0.25, -0.2) is 13.1 Å². The molecule has 0 amide bonds. The highest BCUT2D eigenvalue weighted by molar-refractivity contribution is 7.89. The second-order valence-electron chi connectivity index (χ2n) is 6.18. The molecule has 0 radical (unpaired) electrons. The first kappa shape index (κ1) is 17.7. The highest BCUT2D eigenvalue weighted by Gasteiger charge is 2.30. The molecule has 7 nitrogen and oxygen atoms in total. The Kier molecular flexibility index (Phi) is 4.70. The van der Waals surface area contributed by atoms with Crippen LogP contribution in [0.2, 0.25) is 0 Å². The number of aryl methyl sites for hydroxylation is 2. The number of furan rings is 1. The highest BCUT2D eigenvalue weighted by Crippen LogP contribution is 2.26. The van der Waals surface area contributed by atoms with Crippen molar-refractivity contribution in [3.63, 3.8) is 0 Å². The van der Waals surface area contributed by atoms with Gasteiger partial charge in [0.1, 0.15) is 22.0 Å². The Hall–Kier alpha value is -1.64. The lowest BCUT2D eigenvalue weighted by Gasteiger charge is -2.23. The molecule has 2 heterocycles. The molecule has 0 saturated heterocycles. The van der Waals surface area contributed by atoms with Crippen LogP contribution in [0.4, 0.5) is 0 Å². The Balaban J connectivity index is 2.16. The monoisotopic (exact) mass is 341 g/mol. The molecule has 2 rings (SSSR count). The quantitative estimate of drug-likeness (QED) is 0.836. The van der Waals surface area contributed by atoms with Gasteiger partial charge in [0.2, 0.25) is 10.0 Å². The molecule has 0 spiro atoms. The summed E-state index contributed by atoms with van der Waals surface area (Å²) in [6.45, 7) is 8.71. The molecular formula is C15H23N3O4S. The van der Waals surface area contributed by atoms with Gasteiger partial charge < -0.3 is 9.52 Å². The standard InChI is InChI=1S/C15H23N3O4S/c1-10(2)18-8-13(7-16-18)23(20,21)17-9-15(5,19)14-6-11(3)22-12(14)4/h6-8,10,17,19H,9H2,1-5H3. The number of rotatable bonds is 6. The molecule has 0 aromatic carbocycles. The van der Waals surface area contributed by atoms with Gasteiger partial charge in [-0.3, -0.25) is 4.68 Å². The van der Waals surface area contributed by atoms with E-state index in [0.717, 1.165) is 0 Å². The van der Waals surface area contributed by atoms with Gasteiger partial charge in [0.25, 0.3) is 0 Å². The summed E-state index contributed by atoms with van der Waals surface area (Å²) >= 11 is 0. The summed E-state index contributed by atoms with van der Waals surface area (Å²) in [4.78, 5) is 0.0714. The number of aliphatic hydroxyl groups is 1. The fourth-order valence-corrected chi connectivity index (χ4v) is 3.39. The number of hydrogen-bond donors (Lipinski definition) is 2. The second-order valence-corrected chi connectivity index (χ2v) is 7.94. The molecule has 2 aromatic heterocycles. The van der Waals surface area contributed by atoms with Gasteiger partial charge >= 0.3 is 0 Å². The average molecular weight is 341 g/mol. The van der Waals surface area contributed by atoms with E-state index < -0.39 is 15.6 Å². The summed E-state index contributed by atoms with van der Waals surface area (Å²) in [7, 11) is -3.74. The van der Waals surface area contributed by atoms with Gasteiger partial charge in [-0.1, -0.05) is 0 Å². The molecule has 1 atom stereocenters. The van der Waals surface area contributed by atoms with Crippen LogP contribution in [0.5, 0.6) is 0 Å². The molecule has 128 valence electrons. The molecular weight excluding hydrogens is 318 g/mol. The summed E-state index contributed by atoms with van der Waals surface area (Å²) in [5, 5.41) is 14.6. The van der Waals surface area contributed by atoms with E-state index in [-0.39, 0.29) is 17.5 Å². The molecule has 2 N–H and O–H groups in total. The SMILES string of the molecule is Cc1cc(C(C)(O)CNS(=O)(=O)c2cnn(C(C)C)c2)c(C)o1. The van der Waals surface area contributed by atoms with Crippen molar-refractivity contribution in [1.82, 2.24) is 14.5 Å². The molecule has 0 aliphatic rings. The summed E-state index contributed by atoms with van der Waals surface area (Å²) in [5.41, 5.74) is -0.807. The molecule has 1 unspecified atom stereocenters. The Bertz CT molecular complexity index is 788. The van der Waals surface area contributed by atoms with E-state index in [9.17, 15) is 13.5 Å². The van der Waals surface area contributed by atoms with Crippen molar-refractivity contribution in [3.8, 4) is 0 Å². The minimum atomic E-state index is -3.74. The van der Waals surface area contributed by atoms with E-state index in [0.29, 0.717) is 17.1 Å². The first-order valence-corrected chi connectivity index (χ1v) is 8.85. The lowest BCUT2D eigenvalue weighted by Crippen LogP contribution is -2.38. The second kappa shape index (κ2) is 6.10. The molecule has 0 saturated carbocycles. The van der Waals surface area contributed by atoms with Gasteiger partial charge in [0, 0.05) is 24.3 Å². The molecule has 2 aromatic rings. The predicted octanol–water partition coefficient (Wildman–Crippen LogP) is 1.86. The summed E-state index contributed by atoms with van der Waals surface area (Å²) < 4.78 is 34.1. The van der Waals surface area contributed by atoms with Gasteiger partial charge in [-0.2, -0.15) is 5.10 Å². The first-order chi connectivity index (χ1) is 10.5. The smallest absolute Gasteiger partial charge is 0.243 e. The van der Waals surface area contributed by atoms with Crippen molar-refractivity contribution in [1.29, 1.82) is 0 Å². The minimum absolute atomic E-state index is 0.0682. The van der Waals surface area contributed by atoms with E-state index in [1.54, 1.807) is 31.5 Å². The fraction of sp³-hybridized carbons (Fsp3) is 0.533. The zero-order chi connectivity index (χ0) is 17.4. The minimum Gasteiger partial charge on any atom is -0.466 e. The van der Waals surface area contributed by atoms with Crippen LogP contribution in [0.3, 0.4) is 0 Å². The highest BCUT2D eigenvalue weighted by atomic mass is 32.2. The topological polar surface area (TPSA) is 97.4 Å². The largest absolute Gasteiger partial charge is 0.466 e. The van der Waals surface area contributed by atoms with Gasteiger partial charge in [0.05, 0.1) is 6.20 Å². The lowest BCUT2D eigenvalue weighted by atomic mass is 9.97. The van der Waals surface area contributed by atoms with E-state index >= 15 is 0 Å². The van der Waals surface area contributed by atoms with Gasteiger partial charge in [0.15, 0.2) is 0 Å². The van der Waals surface area contributed by atoms with Crippen LogP contribution in [0.15, 0.2) is 27.8 Å². The van der Waals surface area contributed by atoms with Crippen molar-refractivity contribution in [2.45, 2.75) is 51.2 Å². The van der Waals surface area contributed by atoms with Crippen molar-refractivity contribution >= 4 is 10.0 Å². The average Bonchev–Trinajstić information content (AvgIpc) is 3.04. The first-order valence-electron chi connectivity index (χ1n) is 7.36. The van der Waals surface area contributed by atoms with Crippen molar-refractivity contribution < 1.29 is 17.9 Å². The van der Waals surface area contributed by atoms with Crippen LogP contribution in [0.1, 0.15) is 43.9 Å². The van der Waals surface area contributed by atoms with E-state index in [2.05, 4.69) is 9.82 Å². The van der Waals surface area contributed by atoms with Gasteiger partial charge in [-0.15, -0.1) is 0 Å². The maximum Gasteiger partial charge on any atom is 0.243 e. The molecule has 23 heavy (non-hydrogen) atoms. The lowest BCUT2D eigenvalue weighted by molar-refractivity contribution is 0.0612. The van der Waals surface area contributed by atoms with Crippen molar-refractivity contribution in [2.75, 3.05) is 6.54 Å². The molecule has 0 aliphatic carbocycles. The Morgan fingerprint density at radius 1 is 1.43 bits per heavy atom. The molecule has 0 aliphatic heterocycles. The third-order valence-electron chi connectivity index (χ3n) is 3.64. The number of nitrogens with zero attached hydrogens (tertiary/aromatic N) is 2. The van der Waals surface area contributed by atoms with Crippen LogP contribution in [-0.4, -0.2) is 29.8 Å². The van der Waals surface area contributed by atoms with E-state index in [4.69, 9.17) is 4.42 Å². The van der Waals surface area contributed by atoms with Gasteiger partial charge in [-0.05, 0) is 40.7 Å². The van der Waals surface area contributed by atoms with Crippen LogP contribution in [0, 0.1) is 13.8 Å². The molecule has 8 heteroatoms. The normalized spacial score (nSPS) is 15.1. The number of sulfonamides is 1. The summed E-state index contributed by atoms with van der Waals surface area (Å²) in [5.74, 6) is 1.23. The van der Waals surface area contributed by atoms with Crippen molar-refractivity contribution in [2.24, 2.45) is 0 Å². The number of hydrogen-bond acceptors (Lipinski definition) is 5. The molecule has 0 bridgehead atoms. The zero-order valence-corrected chi connectivity index (χ0v) is 14.8. The Labute approximate surface area is 136 Å². The maximum atomic E-state index is 12.3. The van der Waals surface area contributed by atoms with Crippen LogP contribution in [-0.2, 0) is 15.6 Å². The maximum absolute atomic E-state index is 12.3. The number of nitrogens with one attached hydrogen (secondary N) is 1. The third-order valence-corrected chi connectivity index (χ3v) is 5.00. The van der Waals surface area contributed by atoms with Crippen LogP contribution in [0.25, 0.3) is 0 Å². The summed E-state index contributed by atoms with van der Waals surface area (Å²) in [6.07, 6.45) is 2.76. The predicted molar refractivity (Wildman–Crippen MR) is 85.6 cm³/mol. The van der Waals surface area contributed by atoms with E-state index in [1.807, 2.05) is 13.8 Å². The van der Waals surface area contributed by atoms with Crippen LogP contribution >= 0.6 is 0 Å². The zero-order valence-electron chi connectivity index (χ0n) is 14.0. The van der Waals surface area contributed by atoms with Crippen LogP contribution < -0.4 is 4.72 Å². The fourth-order valence-electron chi connectivity index (χ4n) is 2.32. The molecule has 0 fully saturated rings. The van der Waals surface area contributed by atoms with Crippen molar-refractivity contribution in [3.05, 3.63) is 35.5 Å². The Morgan fingerprint density at radius 3 is 2.57 bits per heavy atom. The van der Waals surface area contributed by atoms with E-state index in [1.165, 1.54) is 12.4 Å². The number of aromatic nitrogens is 2.